The second-order valence-electron chi connectivity index (χ2n) is 5.16. The van der Waals surface area contributed by atoms with E-state index in [1.165, 1.54) is 43.2 Å². The zero-order valence-corrected chi connectivity index (χ0v) is 10.8. The highest BCUT2D eigenvalue weighted by Crippen LogP contribution is 2.27. The van der Waals surface area contributed by atoms with Crippen molar-refractivity contribution in [2.24, 2.45) is 0 Å². The molecule has 18 heavy (non-hydrogen) atoms. The Hall–Kier alpha value is -1.64. The molecule has 0 radical (unpaired) electrons. The lowest BCUT2D eigenvalue weighted by Gasteiger charge is -2.25. The molecule has 0 amide bonds. The summed E-state index contributed by atoms with van der Waals surface area (Å²) in [6, 6.07) is 8.83. The lowest BCUT2D eigenvalue weighted by Crippen LogP contribution is -2.23. The van der Waals surface area contributed by atoms with Gasteiger partial charge < -0.3 is 5.32 Å². The van der Waals surface area contributed by atoms with E-state index in [-0.39, 0.29) is 0 Å². The van der Waals surface area contributed by atoms with E-state index in [0.29, 0.717) is 6.04 Å². The van der Waals surface area contributed by atoms with E-state index < -0.39 is 0 Å². The largest absolute Gasteiger partial charge is 0.380 e. The van der Waals surface area contributed by atoms with Gasteiger partial charge in [0.15, 0.2) is 0 Å². The number of benzene rings is 1. The van der Waals surface area contributed by atoms with Crippen LogP contribution in [-0.4, -0.2) is 16.2 Å². The minimum absolute atomic E-state index is 0.602. The van der Waals surface area contributed by atoms with Gasteiger partial charge in [-0.1, -0.05) is 37.5 Å². The number of aromatic nitrogens is 2. The molecule has 3 nitrogen and oxygen atoms in total. The fourth-order valence-electron chi connectivity index (χ4n) is 2.78. The molecule has 0 unspecified atom stereocenters. The third-order valence-corrected chi connectivity index (χ3v) is 3.80. The topological polar surface area (TPSA) is 37.8 Å². The Kier molecular flexibility index (Phi) is 3.13. The van der Waals surface area contributed by atoms with Crippen LogP contribution in [0.5, 0.6) is 0 Å². The molecule has 1 saturated carbocycles. The van der Waals surface area contributed by atoms with Crippen LogP contribution in [0.2, 0.25) is 0 Å². The number of rotatable bonds is 2. The van der Waals surface area contributed by atoms with Crippen LogP contribution in [0, 0.1) is 6.92 Å². The van der Waals surface area contributed by atoms with Crippen molar-refractivity contribution in [1.29, 1.82) is 0 Å². The van der Waals surface area contributed by atoms with Crippen LogP contribution in [0.3, 0.4) is 0 Å². The highest BCUT2D eigenvalue weighted by Gasteiger charge is 2.15. The molecule has 1 heterocycles. The van der Waals surface area contributed by atoms with Gasteiger partial charge in [0.25, 0.3) is 0 Å². The van der Waals surface area contributed by atoms with Gasteiger partial charge in [-0.2, -0.15) is 10.2 Å². The number of nitrogens with one attached hydrogen (secondary N) is 1. The van der Waals surface area contributed by atoms with Crippen LogP contribution < -0.4 is 5.32 Å². The van der Waals surface area contributed by atoms with Gasteiger partial charge in [-0.25, -0.2) is 0 Å². The van der Waals surface area contributed by atoms with Gasteiger partial charge in [-0.05, 0) is 25.8 Å². The van der Waals surface area contributed by atoms with Gasteiger partial charge in [-0.15, -0.1) is 0 Å². The van der Waals surface area contributed by atoms with Crippen LogP contribution in [0.4, 0.5) is 5.69 Å². The zero-order chi connectivity index (χ0) is 12.4. The summed E-state index contributed by atoms with van der Waals surface area (Å²) < 4.78 is 0. The first kappa shape index (κ1) is 11.5. The van der Waals surface area contributed by atoms with Crippen molar-refractivity contribution in [2.45, 2.75) is 45.1 Å². The number of hydrogen-bond donors (Lipinski definition) is 1. The van der Waals surface area contributed by atoms with E-state index in [1.807, 2.05) is 19.1 Å². The molecule has 3 heteroatoms. The molecule has 0 bridgehead atoms. The molecule has 1 aromatic heterocycles. The van der Waals surface area contributed by atoms with Crippen molar-refractivity contribution < 1.29 is 0 Å². The Morgan fingerprint density at radius 3 is 2.67 bits per heavy atom. The second-order valence-corrected chi connectivity index (χ2v) is 5.16. The fourth-order valence-corrected chi connectivity index (χ4v) is 2.78. The maximum absolute atomic E-state index is 4.26. The molecule has 0 atom stereocenters. The number of hydrogen-bond acceptors (Lipinski definition) is 3. The van der Waals surface area contributed by atoms with Crippen LogP contribution >= 0.6 is 0 Å². The molecule has 0 saturated heterocycles. The third kappa shape index (κ3) is 2.17. The molecule has 1 fully saturated rings. The van der Waals surface area contributed by atoms with Crippen LogP contribution in [-0.2, 0) is 0 Å². The van der Waals surface area contributed by atoms with E-state index >= 15 is 0 Å². The van der Waals surface area contributed by atoms with Crippen LogP contribution in [0.1, 0.15) is 37.8 Å². The molecule has 2 aromatic rings. The van der Waals surface area contributed by atoms with Crippen molar-refractivity contribution in [3.05, 3.63) is 30.0 Å². The summed E-state index contributed by atoms with van der Waals surface area (Å²) in [6.07, 6.45) is 6.61. The summed E-state index contributed by atoms with van der Waals surface area (Å²) in [5, 5.41) is 13.4. The molecule has 1 aliphatic rings. The minimum atomic E-state index is 0.602. The summed E-state index contributed by atoms with van der Waals surface area (Å²) in [6.45, 7) is 2.03. The maximum Gasteiger partial charge on any atom is 0.0950 e. The highest BCUT2D eigenvalue weighted by molar-refractivity contribution is 5.91. The van der Waals surface area contributed by atoms with Crippen LogP contribution in [0.15, 0.2) is 24.3 Å². The molecule has 0 spiro atoms. The Morgan fingerprint density at radius 1 is 1.06 bits per heavy atom. The molecule has 94 valence electrons. The average molecular weight is 241 g/mol. The van der Waals surface area contributed by atoms with E-state index in [9.17, 15) is 0 Å². The molecule has 1 aromatic carbocycles. The van der Waals surface area contributed by atoms with E-state index in [4.69, 9.17) is 0 Å². The first-order valence-electron chi connectivity index (χ1n) is 6.83. The molecular weight excluding hydrogens is 222 g/mol. The van der Waals surface area contributed by atoms with Crippen molar-refractivity contribution in [1.82, 2.24) is 10.2 Å². The number of aryl methyl sites for hydroxylation is 1. The summed E-state index contributed by atoms with van der Waals surface area (Å²) in [4.78, 5) is 0. The lowest BCUT2D eigenvalue weighted by molar-refractivity contribution is 0.462. The van der Waals surface area contributed by atoms with E-state index in [1.54, 1.807) is 0 Å². The summed E-state index contributed by atoms with van der Waals surface area (Å²) >= 11 is 0. The fraction of sp³-hybridized carbons (Fsp3) is 0.467. The normalized spacial score (nSPS) is 16.9. The van der Waals surface area contributed by atoms with Gasteiger partial charge in [-0.3, -0.25) is 0 Å². The average Bonchev–Trinajstić information content (AvgIpc) is 2.43. The monoisotopic (exact) mass is 241 g/mol. The van der Waals surface area contributed by atoms with E-state index in [2.05, 4.69) is 27.6 Å². The minimum Gasteiger partial charge on any atom is -0.380 e. The highest BCUT2D eigenvalue weighted by atomic mass is 15.1. The van der Waals surface area contributed by atoms with Crippen molar-refractivity contribution >= 4 is 16.6 Å². The van der Waals surface area contributed by atoms with Crippen molar-refractivity contribution in [3.8, 4) is 0 Å². The molecule has 1 N–H and O–H groups in total. The Bertz CT molecular complexity index is 544. The smallest absolute Gasteiger partial charge is 0.0950 e. The Morgan fingerprint density at radius 2 is 1.83 bits per heavy atom. The third-order valence-electron chi connectivity index (χ3n) is 3.80. The SMILES string of the molecule is Cc1nnc2ccccc2c1NC1CCCCC1. The predicted molar refractivity (Wildman–Crippen MR) is 74.8 cm³/mol. The van der Waals surface area contributed by atoms with Gasteiger partial charge in [0.1, 0.15) is 0 Å². The van der Waals surface area contributed by atoms with Gasteiger partial charge >= 0.3 is 0 Å². The summed E-state index contributed by atoms with van der Waals surface area (Å²) in [5.41, 5.74) is 3.15. The molecule has 3 rings (SSSR count). The second kappa shape index (κ2) is 4.92. The molecule has 0 aliphatic heterocycles. The van der Waals surface area contributed by atoms with E-state index in [0.717, 1.165) is 11.2 Å². The zero-order valence-electron chi connectivity index (χ0n) is 10.8. The number of nitrogens with zero attached hydrogens (tertiary/aromatic N) is 2. The summed E-state index contributed by atoms with van der Waals surface area (Å²) in [5.74, 6) is 0. The predicted octanol–water partition coefficient (Wildman–Crippen LogP) is 3.68. The number of anilines is 1. The molecule has 1 aliphatic carbocycles. The quantitative estimate of drug-likeness (QED) is 0.871. The number of fused-ring (bicyclic) bond motifs is 1. The Balaban J connectivity index is 1.96. The Labute approximate surface area is 108 Å². The first-order valence-corrected chi connectivity index (χ1v) is 6.83. The standard InChI is InChI=1S/C15H19N3/c1-11-15(16-12-7-3-2-4-8-12)13-9-5-6-10-14(13)18-17-11/h5-6,9-10,12H,2-4,7-8H2,1H3,(H,16,18). The van der Waals surface area contributed by atoms with Gasteiger partial charge in [0.05, 0.1) is 16.9 Å². The van der Waals surface area contributed by atoms with Gasteiger partial charge in [0.2, 0.25) is 0 Å². The van der Waals surface area contributed by atoms with Crippen LogP contribution in [0.25, 0.3) is 10.9 Å². The molecular formula is C15H19N3. The van der Waals surface area contributed by atoms with Crippen molar-refractivity contribution in [3.63, 3.8) is 0 Å². The maximum atomic E-state index is 4.26. The van der Waals surface area contributed by atoms with Crippen molar-refractivity contribution in [2.75, 3.05) is 5.32 Å². The first-order chi connectivity index (χ1) is 8.84. The van der Waals surface area contributed by atoms with Gasteiger partial charge in [0, 0.05) is 11.4 Å². The lowest BCUT2D eigenvalue weighted by atomic mass is 9.95. The summed E-state index contributed by atoms with van der Waals surface area (Å²) in [7, 11) is 0.